The third-order valence-corrected chi connectivity index (χ3v) is 6.16. The van der Waals surface area contributed by atoms with Crippen molar-refractivity contribution in [3.05, 3.63) is 41.2 Å². The van der Waals surface area contributed by atoms with E-state index in [-0.39, 0.29) is 24.2 Å². The van der Waals surface area contributed by atoms with Gasteiger partial charge in [-0.3, -0.25) is 19.8 Å². The van der Waals surface area contributed by atoms with E-state index in [1.54, 1.807) is 17.2 Å². The summed E-state index contributed by atoms with van der Waals surface area (Å²) >= 11 is 0. The number of hydrazone groups is 1. The van der Waals surface area contributed by atoms with Crippen molar-refractivity contribution < 1.29 is 23.9 Å². The molecule has 37 heavy (non-hydrogen) atoms. The summed E-state index contributed by atoms with van der Waals surface area (Å²) < 4.78 is 10.7. The molecule has 0 atom stereocenters. The number of anilines is 3. The molecule has 194 valence electrons. The lowest BCUT2D eigenvalue weighted by Crippen LogP contribution is -2.45. The zero-order valence-electron chi connectivity index (χ0n) is 20.2. The van der Waals surface area contributed by atoms with Crippen molar-refractivity contribution >= 4 is 41.3 Å². The molecule has 0 unspecified atom stereocenters. The van der Waals surface area contributed by atoms with Crippen LogP contribution in [-0.4, -0.2) is 98.0 Å². The van der Waals surface area contributed by atoms with Crippen molar-refractivity contribution in [2.75, 3.05) is 74.8 Å². The molecule has 2 fully saturated rings. The number of ether oxygens (including phenoxy) is 2. The van der Waals surface area contributed by atoms with E-state index in [4.69, 9.17) is 9.47 Å². The normalized spacial score (nSPS) is 17.5. The summed E-state index contributed by atoms with van der Waals surface area (Å²) in [5.74, 6) is 0.0442. The molecule has 1 aromatic heterocycles. The van der Waals surface area contributed by atoms with Gasteiger partial charge in [0.25, 0.3) is 5.91 Å². The molecule has 3 N–H and O–H groups in total. The summed E-state index contributed by atoms with van der Waals surface area (Å²) in [5, 5.41) is 9.68. The number of hydrogen-bond donors (Lipinski definition) is 3. The fraction of sp³-hybridized carbons (Fsp3) is 0.417. The fourth-order valence-electron chi connectivity index (χ4n) is 4.21. The van der Waals surface area contributed by atoms with E-state index in [2.05, 4.69) is 31.1 Å². The minimum atomic E-state index is -0.556. The molecule has 0 spiro atoms. The lowest BCUT2D eigenvalue weighted by Gasteiger charge is -2.28. The molecule has 13 nitrogen and oxygen atoms in total. The number of morpholine rings is 2. The highest BCUT2D eigenvalue weighted by Gasteiger charge is 2.21. The number of aromatic nitrogens is 2. The number of carbonyl (C=O) groups excluding carboxylic acids is 3. The third-order valence-electron chi connectivity index (χ3n) is 6.16. The average Bonchev–Trinajstić information content (AvgIpc) is 3.31. The van der Waals surface area contributed by atoms with Crippen molar-refractivity contribution in [3.8, 4) is 0 Å². The van der Waals surface area contributed by atoms with Crippen LogP contribution in [-0.2, 0) is 25.5 Å². The van der Waals surface area contributed by atoms with Crippen molar-refractivity contribution in [1.29, 1.82) is 0 Å². The molecule has 3 aliphatic rings. The summed E-state index contributed by atoms with van der Waals surface area (Å²) in [6, 6.07) is 7.29. The van der Waals surface area contributed by atoms with E-state index in [0.29, 0.717) is 70.7 Å². The van der Waals surface area contributed by atoms with Gasteiger partial charge in [0.05, 0.1) is 45.6 Å². The first kappa shape index (κ1) is 24.6. The van der Waals surface area contributed by atoms with Crippen molar-refractivity contribution in [2.24, 2.45) is 5.10 Å². The maximum absolute atomic E-state index is 12.9. The number of carbonyl (C=O) groups is 3. The molecule has 4 heterocycles. The summed E-state index contributed by atoms with van der Waals surface area (Å²) in [6.07, 6.45) is 1.95. The second kappa shape index (κ2) is 11.3. The predicted octanol–water partition coefficient (Wildman–Crippen LogP) is -0.158. The molecule has 0 radical (unpaired) electrons. The molecule has 0 bridgehead atoms. The Morgan fingerprint density at radius 1 is 1.05 bits per heavy atom. The standard InChI is InChI=1S/C24H28N8O5/c33-21-12-17-11-16(1-2-18(17)27-21)14-26-30-19-13-20(31-3-7-36-8-4-31)29-23(28-19)24(35)25-15-22(34)32-5-9-37-10-6-32/h1-2,11,13-14H,3-10,12,15H2,(H,25,35)(H,27,33)(H,28,29,30). The molecular formula is C24H28N8O5. The Morgan fingerprint density at radius 2 is 1.81 bits per heavy atom. The van der Waals surface area contributed by atoms with Crippen molar-refractivity contribution in [3.63, 3.8) is 0 Å². The van der Waals surface area contributed by atoms with Gasteiger partial charge in [0.2, 0.25) is 17.6 Å². The number of nitrogens with one attached hydrogen (secondary N) is 3. The van der Waals surface area contributed by atoms with Crippen LogP contribution in [0.25, 0.3) is 0 Å². The Morgan fingerprint density at radius 3 is 2.59 bits per heavy atom. The lowest BCUT2D eigenvalue weighted by atomic mass is 10.1. The molecule has 13 heteroatoms. The topological polar surface area (TPSA) is 150 Å². The molecule has 2 saturated heterocycles. The van der Waals surface area contributed by atoms with Crippen LogP contribution >= 0.6 is 0 Å². The number of benzene rings is 1. The highest BCUT2D eigenvalue weighted by Crippen LogP contribution is 2.23. The zero-order valence-corrected chi connectivity index (χ0v) is 20.2. The summed E-state index contributed by atoms with van der Waals surface area (Å²) in [5.41, 5.74) is 5.40. The van der Waals surface area contributed by atoms with Gasteiger partial charge < -0.3 is 29.9 Å². The van der Waals surface area contributed by atoms with Gasteiger partial charge in [-0.25, -0.2) is 9.97 Å². The van der Waals surface area contributed by atoms with Gasteiger partial charge in [0.15, 0.2) is 5.82 Å². The second-order valence-corrected chi connectivity index (χ2v) is 8.72. The van der Waals surface area contributed by atoms with Crippen LogP contribution in [0.5, 0.6) is 0 Å². The minimum Gasteiger partial charge on any atom is -0.378 e. The highest BCUT2D eigenvalue weighted by atomic mass is 16.5. The Kier molecular flexibility index (Phi) is 7.51. The van der Waals surface area contributed by atoms with Gasteiger partial charge in [0.1, 0.15) is 5.82 Å². The molecule has 5 rings (SSSR count). The van der Waals surface area contributed by atoms with E-state index in [0.717, 1.165) is 16.8 Å². The van der Waals surface area contributed by atoms with Crippen molar-refractivity contribution in [2.45, 2.75) is 6.42 Å². The molecule has 0 saturated carbocycles. The minimum absolute atomic E-state index is 0.0312. The number of hydrogen-bond acceptors (Lipinski definition) is 10. The van der Waals surface area contributed by atoms with Gasteiger partial charge in [-0.1, -0.05) is 6.07 Å². The zero-order chi connectivity index (χ0) is 25.6. The summed E-state index contributed by atoms with van der Waals surface area (Å²) in [7, 11) is 0. The number of fused-ring (bicyclic) bond motifs is 1. The summed E-state index contributed by atoms with van der Waals surface area (Å²) in [6.45, 7) is 4.17. The van der Waals surface area contributed by atoms with Gasteiger partial charge in [-0.2, -0.15) is 5.10 Å². The SMILES string of the molecule is O=C1Cc2cc(C=NNc3cc(N4CCOCC4)nc(C(=O)NCC(=O)N4CCOCC4)n3)ccc2N1. The number of nitrogens with zero attached hydrogens (tertiary/aromatic N) is 5. The van der Waals surface area contributed by atoms with E-state index in [1.165, 1.54) is 0 Å². The maximum atomic E-state index is 12.9. The maximum Gasteiger partial charge on any atom is 0.289 e. The monoisotopic (exact) mass is 508 g/mol. The Hall–Kier alpha value is -4.10. The van der Waals surface area contributed by atoms with E-state index in [9.17, 15) is 14.4 Å². The molecule has 3 aliphatic heterocycles. The van der Waals surface area contributed by atoms with E-state index < -0.39 is 5.91 Å². The Balaban J connectivity index is 1.28. The average molecular weight is 509 g/mol. The Bertz CT molecular complexity index is 1210. The van der Waals surface area contributed by atoms with Crippen LogP contribution in [0.4, 0.5) is 17.3 Å². The van der Waals surface area contributed by atoms with Crippen LogP contribution in [0, 0.1) is 0 Å². The molecule has 0 aliphatic carbocycles. The number of amides is 3. The lowest BCUT2D eigenvalue weighted by molar-refractivity contribution is -0.134. The summed E-state index contributed by atoms with van der Waals surface area (Å²) in [4.78, 5) is 49.3. The van der Waals surface area contributed by atoms with Gasteiger partial charge in [-0.15, -0.1) is 0 Å². The predicted molar refractivity (Wildman–Crippen MR) is 135 cm³/mol. The first-order valence-electron chi connectivity index (χ1n) is 12.1. The van der Waals surface area contributed by atoms with Crippen LogP contribution < -0.4 is 21.0 Å². The smallest absolute Gasteiger partial charge is 0.289 e. The Labute approximate surface area is 213 Å². The van der Waals surface area contributed by atoms with Crippen molar-refractivity contribution in [1.82, 2.24) is 20.2 Å². The van der Waals surface area contributed by atoms with Crippen LogP contribution in [0.2, 0.25) is 0 Å². The largest absolute Gasteiger partial charge is 0.378 e. The second-order valence-electron chi connectivity index (χ2n) is 8.72. The molecular weight excluding hydrogens is 480 g/mol. The van der Waals surface area contributed by atoms with E-state index >= 15 is 0 Å². The van der Waals surface area contributed by atoms with Crippen LogP contribution in [0.15, 0.2) is 29.4 Å². The van der Waals surface area contributed by atoms with Gasteiger partial charge in [-0.05, 0) is 23.3 Å². The van der Waals surface area contributed by atoms with Crippen LogP contribution in [0.3, 0.4) is 0 Å². The van der Waals surface area contributed by atoms with Gasteiger partial charge in [0, 0.05) is 37.9 Å². The highest BCUT2D eigenvalue weighted by molar-refractivity contribution is 6.00. The molecule has 3 amide bonds. The fourth-order valence-corrected chi connectivity index (χ4v) is 4.21. The molecule has 2 aromatic rings. The van der Waals surface area contributed by atoms with Crippen LogP contribution in [0.1, 0.15) is 21.7 Å². The molecule has 1 aromatic carbocycles. The third kappa shape index (κ3) is 6.19. The first-order chi connectivity index (χ1) is 18.0. The van der Waals surface area contributed by atoms with Gasteiger partial charge >= 0.3 is 0 Å². The van der Waals surface area contributed by atoms with E-state index in [1.807, 2.05) is 23.1 Å². The quantitative estimate of drug-likeness (QED) is 0.342. The first-order valence-corrected chi connectivity index (χ1v) is 12.1. The number of rotatable bonds is 7.